The molecule has 2 rings (SSSR count). The molecule has 1 N–H and O–H groups in total. The third-order valence-electron chi connectivity index (χ3n) is 3.34. The number of amides is 1. The second-order valence-electron chi connectivity index (χ2n) is 5.58. The number of anilines is 1. The summed E-state index contributed by atoms with van der Waals surface area (Å²) in [6.07, 6.45) is 0.401. The van der Waals surface area contributed by atoms with Crippen LogP contribution in [0.25, 0.3) is 0 Å². The minimum atomic E-state index is -0.962. The van der Waals surface area contributed by atoms with E-state index < -0.39 is 18.0 Å². The first-order valence-corrected chi connectivity index (χ1v) is 9.71. The van der Waals surface area contributed by atoms with Crippen molar-refractivity contribution in [3.05, 3.63) is 57.7 Å². The third kappa shape index (κ3) is 6.52. The van der Waals surface area contributed by atoms with Crippen molar-refractivity contribution in [2.75, 3.05) is 11.1 Å². The Morgan fingerprint density at radius 2 is 1.96 bits per heavy atom. The minimum absolute atomic E-state index is 0.158. The Bertz CT molecular complexity index is 785. The van der Waals surface area contributed by atoms with E-state index in [2.05, 4.69) is 10.3 Å². The van der Waals surface area contributed by atoms with E-state index in [4.69, 9.17) is 27.9 Å². The lowest BCUT2D eigenvalue weighted by Gasteiger charge is -2.13. The number of carbonyl (C=O) groups excluding carboxylic acids is 2. The molecule has 0 spiro atoms. The number of pyridine rings is 1. The van der Waals surface area contributed by atoms with Gasteiger partial charge in [0.05, 0.1) is 15.8 Å². The zero-order valence-corrected chi connectivity index (χ0v) is 16.6. The number of ether oxygens (including phenoxy) is 1. The van der Waals surface area contributed by atoms with Gasteiger partial charge in [-0.3, -0.25) is 9.59 Å². The minimum Gasteiger partial charge on any atom is -0.452 e. The molecule has 26 heavy (non-hydrogen) atoms. The number of hydrogen-bond donors (Lipinski definition) is 1. The van der Waals surface area contributed by atoms with Crippen molar-refractivity contribution in [1.29, 1.82) is 0 Å². The van der Waals surface area contributed by atoms with Gasteiger partial charge in [0.1, 0.15) is 0 Å². The Labute approximate surface area is 166 Å². The number of aryl methyl sites for hydroxylation is 1. The maximum absolute atomic E-state index is 12.1. The van der Waals surface area contributed by atoms with Gasteiger partial charge in [0.15, 0.2) is 11.9 Å². The van der Waals surface area contributed by atoms with E-state index in [0.29, 0.717) is 10.8 Å². The van der Waals surface area contributed by atoms with Crippen LogP contribution in [0.4, 0.5) is 5.82 Å². The average molecular weight is 413 g/mol. The van der Waals surface area contributed by atoms with E-state index in [1.54, 1.807) is 0 Å². The van der Waals surface area contributed by atoms with Crippen LogP contribution in [0.5, 0.6) is 0 Å². The van der Waals surface area contributed by atoms with Gasteiger partial charge in [0.2, 0.25) is 0 Å². The van der Waals surface area contributed by atoms with Gasteiger partial charge in [-0.2, -0.15) is 0 Å². The molecule has 1 amide bonds. The summed E-state index contributed by atoms with van der Waals surface area (Å²) in [5.74, 6) is 0.0438. The molecule has 0 aliphatic carbocycles. The highest BCUT2D eigenvalue weighted by Gasteiger charge is 2.19. The fourth-order valence-corrected chi connectivity index (χ4v) is 3.14. The topological polar surface area (TPSA) is 68.3 Å². The van der Waals surface area contributed by atoms with Gasteiger partial charge in [-0.15, -0.1) is 11.8 Å². The maximum atomic E-state index is 12.1. The van der Waals surface area contributed by atoms with Gasteiger partial charge in [-0.1, -0.05) is 53.0 Å². The number of carbonyl (C=O) groups is 2. The summed E-state index contributed by atoms with van der Waals surface area (Å²) in [5, 5.41) is 3.07. The van der Waals surface area contributed by atoms with Gasteiger partial charge in [0.25, 0.3) is 5.91 Å². The summed E-state index contributed by atoms with van der Waals surface area (Å²) in [6.45, 7) is 3.51. The van der Waals surface area contributed by atoms with E-state index in [1.165, 1.54) is 36.5 Å². The van der Waals surface area contributed by atoms with Gasteiger partial charge in [0, 0.05) is 11.9 Å². The Morgan fingerprint density at radius 1 is 1.27 bits per heavy atom. The average Bonchev–Trinajstić information content (AvgIpc) is 2.59. The van der Waals surface area contributed by atoms with Crippen molar-refractivity contribution in [3.8, 4) is 0 Å². The standard InChI is InChI=1S/C18H18Cl2N2O3S/c1-11-3-5-13(6-4-11)9-26-10-16(23)25-12(2)18(24)22-17-15(20)7-14(19)8-21-17/h3-8,12H,9-10H2,1-2H3,(H,21,22,24)/t12-/m0/s1. The summed E-state index contributed by atoms with van der Waals surface area (Å²) < 4.78 is 5.14. The fraction of sp³-hybridized carbons (Fsp3) is 0.278. The Balaban J connectivity index is 1.76. The molecule has 0 saturated heterocycles. The van der Waals surface area contributed by atoms with Crippen LogP contribution in [0, 0.1) is 6.92 Å². The highest BCUT2D eigenvalue weighted by Crippen LogP contribution is 2.22. The Kier molecular flexibility index (Phi) is 7.75. The van der Waals surface area contributed by atoms with Crippen LogP contribution < -0.4 is 5.32 Å². The maximum Gasteiger partial charge on any atom is 0.316 e. The molecule has 1 heterocycles. The molecule has 8 heteroatoms. The van der Waals surface area contributed by atoms with Crippen LogP contribution in [0.15, 0.2) is 36.5 Å². The number of rotatable bonds is 7. The summed E-state index contributed by atoms with van der Waals surface area (Å²) in [7, 11) is 0. The number of halogens is 2. The van der Waals surface area contributed by atoms with Crippen LogP contribution in [0.2, 0.25) is 10.0 Å². The van der Waals surface area contributed by atoms with Crippen molar-refractivity contribution in [2.45, 2.75) is 25.7 Å². The molecular weight excluding hydrogens is 395 g/mol. The lowest BCUT2D eigenvalue weighted by molar-refractivity contribution is -0.150. The van der Waals surface area contributed by atoms with Gasteiger partial charge >= 0.3 is 5.97 Å². The van der Waals surface area contributed by atoms with E-state index in [9.17, 15) is 9.59 Å². The molecule has 0 saturated carbocycles. The molecule has 0 aliphatic heterocycles. The lowest BCUT2D eigenvalue weighted by atomic mass is 10.2. The summed E-state index contributed by atoms with van der Waals surface area (Å²) in [4.78, 5) is 27.9. The van der Waals surface area contributed by atoms with Crippen LogP contribution in [-0.4, -0.2) is 28.7 Å². The second-order valence-corrected chi connectivity index (χ2v) is 7.41. The number of nitrogens with zero attached hydrogens (tertiary/aromatic N) is 1. The molecule has 1 atom stereocenters. The largest absolute Gasteiger partial charge is 0.452 e. The second kappa shape index (κ2) is 9.80. The van der Waals surface area contributed by atoms with E-state index in [1.807, 2.05) is 31.2 Å². The van der Waals surface area contributed by atoms with Crippen molar-refractivity contribution >= 4 is 52.7 Å². The van der Waals surface area contributed by atoms with Crippen LogP contribution in [0.1, 0.15) is 18.1 Å². The predicted octanol–water partition coefficient (Wildman–Crippen LogP) is 4.50. The van der Waals surface area contributed by atoms with E-state index in [-0.39, 0.29) is 16.6 Å². The Hall–Kier alpha value is -1.76. The zero-order chi connectivity index (χ0) is 19.1. The number of hydrogen-bond acceptors (Lipinski definition) is 5. The van der Waals surface area contributed by atoms with Gasteiger partial charge in [-0.05, 0) is 25.5 Å². The van der Waals surface area contributed by atoms with Gasteiger partial charge in [-0.25, -0.2) is 4.98 Å². The first-order chi connectivity index (χ1) is 12.3. The highest BCUT2D eigenvalue weighted by molar-refractivity contribution is 7.99. The molecule has 0 radical (unpaired) electrons. The van der Waals surface area contributed by atoms with Crippen molar-refractivity contribution in [1.82, 2.24) is 4.98 Å². The monoisotopic (exact) mass is 412 g/mol. The summed E-state index contributed by atoms with van der Waals surface area (Å²) >= 11 is 13.1. The SMILES string of the molecule is Cc1ccc(CSCC(=O)O[C@@H](C)C(=O)Nc2ncc(Cl)cc2Cl)cc1. The Morgan fingerprint density at radius 3 is 2.62 bits per heavy atom. The highest BCUT2D eigenvalue weighted by atomic mass is 35.5. The van der Waals surface area contributed by atoms with Crippen molar-refractivity contribution < 1.29 is 14.3 Å². The smallest absolute Gasteiger partial charge is 0.316 e. The first kappa shape index (κ1) is 20.6. The fourth-order valence-electron chi connectivity index (χ4n) is 1.95. The summed E-state index contributed by atoms with van der Waals surface area (Å²) in [5.41, 5.74) is 2.32. The third-order valence-corrected chi connectivity index (χ3v) is 4.81. The molecular formula is C18H18Cl2N2O3S. The van der Waals surface area contributed by atoms with Crippen LogP contribution >= 0.6 is 35.0 Å². The van der Waals surface area contributed by atoms with E-state index in [0.717, 1.165) is 5.56 Å². The van der Waals surface area contributed by atoms with Crippen molar-refractivity contribution in [2.24, 2.45) is 0 Å². The molecule has 2 aromatic rings. The van der Waals surface area contributed by atoms with E-state index >= 15 is 0 Å². The van der Waals surface area contributed by atoms with Gasteiger partial charge < -0.3 is 10.1 Å². The molecule has 5 nitrogen and oxygen atoms in total. The molecule has 0 fully saturated rings. The molecule has 0 unspecified atom stereocenters. The molecule has 1 aromatic carbocycles. The number of aromatic nitrogens is 1. The number of esters is 1. The number of thioether (sulfide) groups is 1. The lowest BCUT2D eigenvalue weighted by Crippen LogP contribution is -2.31. The molecule has 1 aromatic heterocycles. The van der Waals surface area contributed by atoms with Crippen LogP contribution in [0.3, 0.4) is 0 Å². The quantitative estimate of drug-likeness (QED) is 0.677. The molecule has 0 bridgehead atoms. The number of nitrogens with one attached hydrogen (secondary N) is 1. The normalized spacial score (nSPS) is 11.7. The summed E-state index contributed by atoms with van der Waals surface area (Å²) in [6, 6.07) is 9.55. The first-order valence-electron chi connectivity index (χ1n) is 7.80. The van der Waals surface area contributed by atoms with Crippen molar-refractivity contribution in [3.63, 3.8) is 0 Å². The molecule has 0 aliphatic rings. The predicted molar refractivity (Wildman–Crippen MR) is 106 cm³/mol. The van der Waals surface area contributed by atoms with Crippen LogP contribution in [-0.2, 0) is 20.1 Å². The molecule has 138 valence electrons. The number of benzene rings is 1. The zero-order valence-electron chi connectivity index (χ0n) is 14.3.